The Hall–Kier alpha value is -4.46. The van der Waals surface area contributed by atoms with Crippen LogP contribution < -0.4 is 0 Å². The van der Waals surface area contributed by atoms with Crippen molar-refractivity contribution in [2.24, 2.45) is 0 Å². The summed E-state index contributed by atoms with van der Waals surface area (Å²) < 4.78 is 0. The Bertz CT molecular complexity index is 1550. The standard InChI is InChI=1S/C23H16N8/c1-13-6-8-25-10-15(13)17-4-5-18-21(27-17)22(31-30-18)23-28-19-12-26-11-16(20(19)29-23)14-3-2-7-24-9-14/h2-12H,1H3,(H,28,29)(H,30,31). The fourth-order valence-electron chi connectivity index (χ4n) is 3.72. The van der Waals surface area contributed by atoms with Gasteiger partial charge in [0.15, 0.2) is 11.5 Å². The van der Waals surface area contributed by atoms with Crippen LogP contribution in [0.3, 0.4) is 0 Å². The molecule has 6 aromatic rings. The molecule has 0 aromatic carbocycles. The first-order chi connectivity index (χ1) is 15.3. The van der Waals surface area contributed by atoms with Gasteiger partial charge in [0.05, 0.1) is 22.9 Å². The normalized spacial score (nSPS) is 11.4. The second-order valence-electron chi connectivity index (χ2n) is 7.27. The van der Waals surface area contributed by atoms with Crippen LogP contribution in [0.15, 0.2) is 67.5 Å². The number of imidazole rings is 1. The van der Waals surface area contributed by atoms with Crippen LogP contribution in [0.2, 0.25) is 0 Å². The number of aromatic amines is 2. The van der Waals surface area contributed by atoms with E-state index in [0.29, 0.717) is 11.5 Å². The lowest BCUT2D eigenvalue weighted by atomic mass is 10.1. The lowest BCUT2D eigenvalue weighted by Crippen LogP contribution is -1.90. The maximum atomic E-state index is 4.87. The number of nitrogens with one attached hydrogen (secondary N) is 2. The lowest BCUT2D eigenvalue weighted by molar-refractivity contribution is 1.10. The number of H-pyrrole nitrogens is 2. The predicted octanol–water partition coefficient (Wildman–Crippen LogP) is 4.33. The smallest absolute Gasteiger partial charge is 0.161 e. The molecule has 0 bridgehead atoms. The van der Waals surface area contributed by atoms with Crippen LogP contribution in [0.1, 0.15) is 5.56 Å². The van der Waals surface area contributed by atoms with E-state index < -0.39 is 0 Å². The van der Waals surface area contributed by atoms with E-state index in [9.17, 15) is 0 Å². The summed E-state index contributed by atoms with van der Waals surface area (Å²) in [6.07, 6.45) is 10.7. The average molecular weight is 404 g/mol. The molecule has 0 atom stereocenters. The molecule has 2 N–H and O–H groups in total. The van der Waals surface area contributed by atoms with Crippen molar-refractivity contribution in [3.8, 4) is 33.9 Å². The molecule has 0 saturated carbocycles. The van der Waals surface area contributed by atoms with Crippen LogP contribution >= 0.6 is 0 Å². The molecule has 0 fully saturated rings. The van der Waals surface area contributed by atoms with E-state index in [4.69, 9.17) is 9.97 Å². The number of nitrogens with zero attached hydrogens (tertiary/aromatic N) is 6. The first kappa shape index (κ1) is 17.4. The van der Waals surface area contributed by atoms with Crippen molar-refractivity contribution in [1.29, 1.82) is 0 Å². The van der Waals surface area contributed by atoms with Gasteiger partial charge in [-0.15, -0.1) is 0 Å². The second-order valence-corrected chi connectivity index (χ2v) is 7.27. The van der Waals surface area contributed by atoms with E-state index in [1.807, 2.05) is 43.5 Å². The molecule has 0 saturated heterocycles. The van der Waals surface area contributed by atoms with E-state index in [-0.39, 0.29) is 0 Å². The zero-order valence-corrected chi connectivity index (χ0v) is 16.5. The highest BCUT2D eigenvalue weighted by Gasteiger charge is 2.17. The minimum atomic E-state index is 0.631. The van der Waals surface area contributed by atoms with Gasteiger partial charge in [0.2, 0.25) is 0 Å². The van der Waals surface area contributed by atoms with Crippen molar-refractivity contribution in [1.82, 2.24) is 40.1 Å². The molecule has 0 unspecified atom stereocenters. The first-order valence-corrected chi connectivity index (χ1v) is 9.78. The van der Waals surface area contributed by atoms with E-state index in [2.05, 4.69) is 30.1 Å². The fraction of sp³-hybridized carbons (Fsp3) is 0.0435. The third-order valence-corrected chi connectivity index (χ3v) is 5.31. The van der Waals surface area contributed by atoms with E-state index in [0.717, 1.165) is 50.0 Å². The molecule has 0 aliphatic carbocycles. The summed E-state index contributed by atoms with van der Waals surface area (Å²) in [5.41, 5.74) is 8.70. The molecule has 0 aliphatic rings. The van der Waals surface area contributed by atoms with Gasteiger partial charge in [-0.2, -0.15) is 5.10 Å². The van der Waals surface area contributed by atoms with Gasteiger partial charge in [-0.25, -0.2) is 9.97 Å². The summed E-state index contributed by atoms with van der Waals surface area (Å²) in [7, 11) is 0. The van der Waals surface area contributed by atoms with Gasteiger partial charge < -0.3 is 4.98 Å². The molecule has 6 rings (SSSR count). The number of hydrogen-bond acceptors (Lipinski definition) is 6. The Kier molecular flexibility index (Phi) is 3.82. The van der Waals surface area contributed by atoms with Crippen LogP contribution in [0.5, 0.6) is 0 Å². The molecule has 8 nitrogen and oxygen atoms in total. The number of hydrogen-bond donors (Lipinski definition) is 2. The van der Waals surface area contributed by atoms with E-state index in [1.165, 1.54) is 0 Å². The number of fused-ring (bicyclic) bond motifs is 2. The van der Waals surface area contributed by atoms with E-state index in [1.54, 1.807) is 31.0 Å². The third kappa shape index (κ3) is 2.84. The SMILES string of the molecule is Cc1ccncc1-c1ccc2[nH]nc(-c3nc4c(-c5cccnc5)cncc4[nH]3)c2n1. The van der Waals surface area contributed by atoms with Crippen molar-refractivity contribution in [2.45, 2.75) is 6.92 Å². The van der Waals surface area contributed by atoms with Gasteiger partial charge in [-0.1, -0.05) is 6.07 Å². The lowest BCUT2D eigenvalue weighted by Gasteiger charge is -2.04. The molecule has 8 heteroatoms. The fourth-order valence-corrected chi connectivity index (χ4v) is 3.72. The molecule has 31 heavy (non-hydrogen) atoms. The Morgan fingerprint density at radius 1 is 0.742 bits per heavy atom. The molecule has 0 aliphatic heterocycles. The number of rotatable bonds is 3. The molecule has 0 radical (unpaired) electrons. The van der Waals surface area contributed by atoms with Crippen LogP contribution in [0.4, 0.5) is 0 Å². The summed E-state index contributed by atoms with van der Waals surface area (Å²) in [4.78, 5) is 25.9. The van der Waals surface area contributed by atoms with Crippen molar-refractivity contribution in [2.75, 3.05) is 0 Å². The molecule has 0 spiro atoms. The van der Waals surface area contributed by atoms with Gasteiger partial charge in [-0.05, 0) is 36.8 Å². The largest absolute Gasteiger partial charge is 0.335 e. The summed E-state index contributed by atoms with van der Waals surface area (Å²) in [5.74, 6) is 0.631. The highest BCUT2D eigenvalue weighted by molar-refractivity contribution is 5.95. The van der Waals surface area contributed by atoms with Gasteiger partial charge in [-0.3, -0.25) is 20.1 Å². The molecule has 6 aromatic heterocycles. The van der Waals surface area contributed by atoms with Crippen molar-refractivity contribution < 1.29 is 0 Å². The Balaban J connectivity index is 1.52. The summed E-state index contributed by atoms with van der Waals surface area (Å²) >= 11 is 0. The van der Waals surface area contributed by atoms with Crippen LogP contribution in [0.25, 0.3) is 56.0 Å². The molecule has 148 valence electrons. The predicted molar refractivity (Wildman–Crippen MR) is 118 cm³/mol. The number of aryl methyl sites for hydroxylation is 1. The summed E-state index contributed by atoms with van der Waals surface area (Å²) in [6.45, 7) is 2.05. The molecule has 0 amide bonds. The Morgan fingerprint density at radius 2 is 1.65 bits per heavy atom. The maximum Gasteiger partial charge on any atom is 0.161 e. The van der Waals surface area contributed by atoms with Crippen molar-refractivity contribution >= 4 is 22.1 Å². The maximum absolute atomic E-state index is 4.87. The summed E-state index contributed by atoms with van der Waals surface area (Å²) in [5, 5.41) is 7.55. The zero-order valence-electron chi connectivity index (χ0n) is 16.5. The highest BCUT2D eigenvalue weighted by atomic mass is 15.1. The van der Waals surface area contributed by atoms with Gasteiger partial charge in [0.1, 0.15) is 11.0 Å². The van der Waals surface area contributed by atoms with Gasteiger partial charge in [0, 0.05) is 47.7 Å². The van der Waals surface area contributed by atoms with Gasteiger partial charge >= 0.3 is 0 Å². The minimum absolute atomic E-state index is 0.631. The monoisotopic (exact) mass is 404 g/mol. The van der Waals surface area contributed by atoms with Crippen molar-refractivity contribution in [3.05, 3.63) is 73.1 Å². The van der Waals surface area contributed by atoms with Crippen LogP contribution in [-0.4, -0.2) is 40.1 Å². The topological polar surface area (TPSA) is 109 Å². The van der Waals surface area contributed by atoms with Gasteiger partial charge in [0.25, 0.3) is 0 Å². The summed E-state index contributed by atoms with van der Waals surface area (Å²) in [6, 6.07) is 9.81. The Morgan fingerprint density at radius 3 is 2.52 bits per heavy atom. The Labute approximate surface area is 176 Å². The highest BCUT2D eigenvalue weighted by Crippen LogP contribution is 2.31. The second kappa shape index (κ2) is 6.81. The van der Waals surface area contributed by atoms with Crippen LogP contribution in [-0.2, 0) is 0 Å². The third-order valence-electron chi connectivity index (χ3n) is 5.31. The molecular weight excluding hydrogens is 388 g/mol. The minimum Gasteiger partial charge on any atom is -0.335 e. The van der Waals surface area contributed by atoms with Crippen LogP contribution in [0, 0.1) is 6.92 Å². The van der Waals surface area contributed by atoms with E-state index >= 15 is 0 Å². The number of aromatic nitrogens is 8. The molecule has 6 heterocycles. The average Bonchev–Trinajstić information content (AvgIpc) is 3.43. The van der Waals surface area contributed by atoms with Crippen molar-refractivity contribution in [3.63, 3.8) is 0 Å². The zero-order chi connectivity index (χ0) is 20.8. The quantitative estimate of drug-likeness (QED) is 0.454. The first-order valence-electron chi connectivity index (χ1n) is 9.78. The molecular formula is C23H16N8. The number of pyridine rings is 4.